The Kier molecular flexibility index (Phi) is 2.81. The molecule has 4 nitrogen and oxygen atoms in total. The lowest BCUT2D eigenvalue weighted by atomic mass is 10.2. The van der Waals surface area contributed by atoms with Crippen molar-refractivity contribution >= 4 is 0 Å². The fourth-order valence-corrected chi connectivity index (χ4v) is 1.20. The summed E-state index contributed by atoms with van der Waals surface area (Å²) in [5, 5.41) is 16.7. The van der Waals surface area contributed by atoms with E-state index in [2.05, 4.69) is 24.2 Å². The van der Waals surface area contributed by atoms with Crippen LogP contribution in [0.2, 0.25) is 0 Å². The molecule has 1 aromatic rings. The molecule has 0 bridgehead atoms. The molecule has 12 heavy (non-hydrogen) atoms. The van der Waals surface area contributed by atoms with Gasteiger partial charge in [0.1, 0.15) is 0 Å². The van der Waals surface area contributed by atoms with Gasteiger partial charge in [-0.15, -0.1) is 5.10 Å². The quantitative estimate of drug-likeness (QED) is 0.724. The van der Waals surface area contributed by atoms with Gasteiger partial charge in [-0.2, -0.15) is 0 Å². The van der Waals surface area contributed by atoms with Crippen molar-refractivity contribution in [1.29, 1.82) is 0 Å². The Bertz CT molecular complexity index is 255. The van der Waals surface area contributed by atoms with E-state index < -0.39 is 0 Å². The average molecular weight is 169 g/mol. The van der Waals surface area contributed by atoms with E-state index in [1.54, 1.807) is 0 Å². The van der Waals surface area contributed by atoms with E-state index in [-0.39, 0.29) is 6.61 Å². The molecule has 68 valence electrons. The van der Waals surface area contributed by atoms with Crippen molar-refractivity contribution in [3.8, 4) is 0 Å². The minimum atomic E-state index is 0.137. The molecule has 1 N–H and O–H groups in total. The van der Waals surface area contributed by atoms with Crippen LogP contribution in [0.15, 0.2) is 0 Å². The summed E-state index contributed by atoms with van der Waals surface area (Å²) in [5.41, 5.74) is 1.95. The standard InChI is InChI=1S/C8H15N3O/c1-6(2)11-7(3)8(4-5-12)9-10-11/h6,12H,4-5H2,1-3H3. The lowest BCUT2D eigenvalue weighted by Gasteiger charge is -2.06. The Labute approximate surface area is 72.2 Å². The third-order valence-electron chi connectivity index (χ3n) is 1.86. The van der Waals surface area contributed by atoms with E-state index in [4.69, 9.17) is 5.11 Å². The predicted octanol–water partition coefficient (Wildman–Crippen LogP) is 0.702. The van der Waals surface area contributed by atoms with Crippen LogP contribution in [-0.2, 0) is 6.42 Å². The van der Waals surface area contributed by atoms with Gasteiger partial charge in [0.15, 0.2) is 0 Å². The monoisotopic (exact) mass is 169 g/mol. The van der Waals surface area contributed by atoms with Crippen molar-refractivity contribution in [2.24, 2.45) is 0 Å². The number of aromatic nitrogens is 3. The Morgan fingerprint density at radius 2 is 2.17 bits per heavy atom. The smallest absolute Gasteiger partial charge is 0.0879 e. The summed E-state index contributed by atoms with van der Waals surface area (Å²) in [6.07, 6.45) is 0.596. The van der Waals surface area contributed by atoms with Crippen LogP contribution in [-0.4, -0.2) is 26.7 Å². The molecule has 4 heteroatoms. The third kappa shape index (κ3) is 1.64. The zero-order valence-corrected chi connectivity index (χ0v) is 7.78. The van der Waals surface area contributed by atoms with E-state index >= 15 is 0 Å². The van der Waals surface area contributed by atoms with Gasteiger partial charge in [0.25, 0.3) is 0 Å². The SMILES string of the molecule is Cc1c(CCO)nnn1C(C)C. The molecule has 0 atom stereocenters. The highest BCUT2D eigenvalue weighted by Gasteiger charge is 2.09. The first-order chi connectivity index (χ1) is 5.66. The number of aliphatic hydroxyl groups is 1. The normalized spacial score (nSPS) is 11.1. The number of rotatable bonds is 3. The van der Waals surface area contributed by atoms with Crippen LogP contribution in [0.1, 0.15) is 31.3 Å². The van der Waals surface area contributed by atoms with E-state index in [1.165, 1.54) is 0 Å². The van der Waals surface area contributed by atoms with Crippen LogP contribution in [0, 0.1) is 6.92 Å². The van der Waals surface area contributed by atoms with Crippen molar-refractivity contribution in [2.45, 2.75) is 33.2 Å². The summed E-state index contributed by atoms with van der Waals surface area (Å²) in [5.74, 6) is 0. The van der Waals surface area contributed by atoms with Gasteiger partial charge in [0.05, 0.1) is 11.4 Å². The number of hydrogen-bond donors (Lipinski definition) is 1. The van der Waals surface area contributed by atoms with E-state index in [0.29, 0.717) is 12.5 Å². The first-order valence-corrected chi connectivity index (χ1v) is 4.18. The summed E-state index contributed by atoms with van der Waals surface area (Å²) >= 11 is 0. The zero-order valence-electron chi connectivity index (χ0n) is 7.78. The molecular formula is C8H15N3O. The molecule has 0 aromatic carbocycles. The highest BCUT2D eigenvalue weighted by atomic mass is 16.3. The summed E-state index contributed by atoms with van der Waals surface area (Å²) in [6, 6.07) is 0.338. The van der Waals surface area contributed by atoms with Crippen LogP contribution in [0.5, 0.6) is 0 Å². The van der Waals surface area contributed by atoms with E-state index in [0.717, 1.165) is 11.4 Å². The van der Waals surface area contributed by atoms with E-state index in [1.807, 2.05) is 11.6 Å². The summed E-state index contributed by atoms with van der Waals surface area (Å²) in [7, 11) is 0. The lowest BCUT2D eigenvalue weighted by molar-refractivity contribution is 0.298. The molecule has 1 rings (SSSR count). The summed E-state index contributed by atoms with van der Waals surface area (Å²) < 4.78 is 1.87. The molecule has 0 spiro atoms. The lowest BCUT2D eigenvalue weighted by Crippen LogP contribution is -2.05. The van der Waals surface area contributed by atoms with Crippen molar-refractivity contribution < 1.29 is 5.11 Å². The van der Waals surface area contributed by atoms with Gasteiger partial charge in [0.2, 0.25) is 0 Å². The molecule has 1 heterocycles. The van der Waals surface area contributed by atoms with Gasteiger partial charge in [-0.05, 0) is 20.8 Å². The van der Waals surface area contributed by atoms with Gasteiger partial charge >= 0.3 is 0 Å². The Hall–Kier alpha value is -0.900. The molecule has 0 radical (unpaired) electrons. The molecule has 0 saturated heterocycles. The summed E-state index contributed by atoms with van der Waals surface area (Å²) in [4.78, 5) is 0. The Balaban J connectivity index is 2.88. The topological polar surface area (TPSA) is 50.9 Å². The second-order valence-electron chi connectivity index (χ2n) is 3.13. The minimum absolute atomic E-state index is 0.137. The van der Waals surface area contributed by atoms with Gasteiger partial charge in [-0.1, -0.05) is 5.21 Å². The number of nitrogens with zero attached hydrogens (tertiary/aromatic N) is 3. The second-order valence-corrected chi connectivity index (χ2v) is 3.13. The zero-order chi connectivity index (χ0) is 9.14. The van der Waals surface area contributed by atoms with Gasteiger partial charge in [0, 0.05) is 19.1 Å². The Morgan fingerprint density at radius 1 is 1.50 bits per heavy atom. The molecule has 0 aliphatic heterocycles. The minimum Gasteiger partial charge on any atom is -0.396 e. The molecule has 0 fully saturated rings. The maximum atomic E-state index is 8.71. The molecule has 0 aliphatic rings. The van der Waals surface area contributed by atoms with Crippen molar-refractivity contribution in [3.05, 3.63) is 11.4 Å². The molecule has 0 amide bonds. The van der Waals surface area contributed by atoms with Crippen LogP contribution >= 0.6 is 0 Å². The largest absolute Gasteiger partial charge is 0.396 e. The second kappa shape index (κ2) is 3.67. The number of aliphatic hydroxyl groups excluding tert-OH is 1. The first kappa shape index (κ1) is 9.19. The fraction of sp³-hybridized carbons (Fsp3) is 0.750. The van der Waals surface area contributed by atoms with E-state index in [9.17, 15) is 0 Å². The van der Waals surface area contributed by atoms with Crippen LogP contribution in [0.3, 0.4) is 0 Å². The molecule has 0 unspecified atom stereocenters. The Morgan fingerprint density at radius 3 is 2.58 bits per heavy atom. The number of hydrogen-bond acceptors (Lipinski definition) is 3. The summed E-state index contributed by atoms with van der Waals surface area (Å²) in [6.45, 7) is 6.23. The van der Waals surface area contributed by atoms with Crippen molar-refractivity contribution in [1.82, 2.24) is 15.0 Å². The molecule has 0 aliphatic carbocycles. The molecule has 1 aromatic heterocycles. The van der Waals surface area contributed by atoms with Crippen molar-refractivity contribution in [3.63, 3.8) is 0 Å². The highest BCUT2D eigenvalue weighted by molar-refractivity contribution is 5.08. The van der Waals surface area contributed by atoms with Gasteiger partial charge in [-0.3, -0.25) is 0 Å². The maximum Gasteiger partial charge on any atom is 0.0879 e. The van der Waals surface area contributed by atoms with Gasteiger partial charge in [-0.25, -0.2) is 4.68 Å². The van der Waals surface area contributed by atoms with Gasteiger partial charge < -0.3 is 5.11 Å². The molecular weight excluding hydrogens is 154 g/mol. The van der Waals surface area contributed by atoms with Crippen LogP contribution in [0.25, 0.3) is 0 Å². The first-order valence-electron chi connectivity index (χ1n) is 4.18. The maximum absolute atomic E-state index is 8.71. The predicted molar refractivity (Wildman–Crippen MR) is 45.9 cm³/mol. The average Bonchev–Trinajstić information content (AvgIpc) is 2.34. The van der Waals surface area contributed by atoms with Crippen molar-refractivity contribution in [2.75, 3.05) is 6.61 Å². The van der Waals surface area contributed by atoms with Crippen LogP contribution < -0.4 is 0 Å². The van der Waals surface area contributed by atoms with Crippen LogP contribution in [0.4, 0.5) is 0 Å². The molecule has 0 saturated carbocycles. The highest BCUT2D eigenvalue weighted by Crippen LogP contribution is 2.09. The fourth-order valence-electron chi connectivity index (χ4n) is 1.20. The third-order valence-corrected chi connectivity index (χ3v) is 1.86.